The van der Waals surface area contributed by atoms with Crippen LogP contribution in [-0.4, -0.2) is 12.0 Å². The zero-order chi connectivity index (χ0) is 10.2. The summed E-state index contributed by atoms with van der Waals surface area (Å²) < 4.78 is 5.16. The fourth-order valence-corrected chi connectivity index (χ4v) is 2.41. The van der Waals surface area contributed by atoms with Crippen molar-refractivity contribution < 1.29 is 4.74 Å². The van der Waals surface area contributed by atoms with Crippen LogP contribution in [0.4, 0.5) is 0 Å². The van der Waals surface area contributed by atoms with Crippen LogP contribution in [0, 0.1) is 6.92 Å². The lowest BCUT2D eigenvalue weighted by atomic mass is 10.2. The number of rotatable bonds is 3. The maximum absolute atomic E-state index is 6.05. The van der Waals surface area contributed by atoms with Gasteiger partial charge in [-0.25, -0.2) is 0 Å². The molecule has 0 bridgehead atoms. The molecule has 0 aliphatic heterocycles. The molecule has 1 aromatic rings. The van der Waals surface area contributed by atoms with Crippen LogP contribution in [0.15, 0.2) is 23.1 Å². The molecule has 0 unspecified atom stereocenters. The Morgan fingerprint density at radius 3 is 2.64 bits per heavy atom. The molecule has 0 saturated heterocycles. The molecule has 0 amide bonds. The highest BCUT2D eigenvalue weighted by Crippen LogP contribution is 2.48. The van der Waals surface area contributed by atoms with E-state index in [2.05, 4.69) is 13.0 Å². The maximum Gasteiger partial charge on any atom is 0.119 e. The summed E-state index contributed by atoms with van der Waals surface area (Å²) >= 11 is 1.78. The zero-order valence-electron chi connectivity index (χ0n) is 8.54. The second-order valence-corrected chi connectivity index (χ2v) is 5.26. The molecule has 1 aliphatic carbocycles. The highest BCUT2D eigenvalue weighted by atomic mass is 32.2. The van der Waals surface area contributed by atoms with Gasteiger partial charge in [0.05, 0.1) is 12.0 Å². The Bertz CT molecular complexity index is 347. The zero-order valence-corrected chi connectivity index (χ0v) is 9.36. The number of benzene rings is 1. The maximum atomic E-state index is 6.05. The molecule has 0 aromatic heterocycles. The molecule has 3 heteroatoms. The standard InChI is InChI=1S/C11H15NOS/c1-8-7-9(13-2)3-4-10(8)14-11(12)5-6-11/h3-4,7H,5-6,12H2,1-2H3. The molecule has 1 fully saturated rings. The summed E-state index contributed by atoms with van der Waals surface area (Å²) in [6.07, 6.45) is 2.26. The third kappa shape index (κ3) is 2.04. The Hall–Kier alpha value is -0.670. The van der Waals surface area contributed by atoms with Gasteiger partial charge in [0, 0.05) is 4.90 Å². The highest BCUT2D eigenvalue weighted by Gasteiger charge is 2.39. The smallest absolute Gasteiger partial charge is 0.119 e. The second-order valence-electron chi connectivity index (χ2n) is 3.80. The topological polar surface area (TPSA) is 35.2 Å². The molecule has 0 radical (unpaired) electrons. The Morgan fingerprint density at radius 2 is 2.14 bits per heavy atom. The van der Waals surface area contributed by atoms with Gasteiger partial charge in [-0.1, -0.05) is 0 Å². The Labute approximate surface area is 88.8 Å². The van der Waals surface area contributed by atoms with Crippen LogP contribution in [0.2, 0.25) is 0 Å². The molecule has 14 heavy (non-hydrogen) atoms. The number of hydrogen-bond acceptors (Lipinski definition) is 3. The van der Waals surface area contributed by atoms with Gasteiger partial charge < -0.3 is 10.5 Å². The molecule has 76 valence electrons. The lowest BCUT2D eigenvalue weighted by Gasteiger charge is -2.11. The SMILES string of the molecule is COc1ccc(SC2(N)CC2)c(C)c1. The number of methoxy groups -OCH3 is 1. The fourth-order valence-electron chi connectivity index (χ4n) is 1.31. The first-order chi connectivity index (χ1) is 6.63. The van der Waals surface area contributed by atoms with Gasteiger partial charge in [0.2, 0.25) is 0 Å². The minimum Gasteiger partial charge on any atom is -0.497 e. The van der Waals surface area contributed by atoms with Gasteiger partial charge in [-0.2, -0.15) is 0 Å². The lowest BCUT2D eigenvalue weighted by Crippen LogP contribution is -2.15. The molecule has 1 aromatic carbocycles. The summed E-state index contributed by atoms with van der Waals surface area (Å²) in [5, 5.41) is 0. The summed E-state index contributed by atoms with van der Waals surface area (Å²) in [5.74, 6) is 0.911. The average Bonchev–Trinajstić information content (AvgIpc) is 2.88. The number of hydrogen-bond donors (Lipinski definition) is 1. The van der Waals surface area contributed by atoms with Crippen molar-refractivity contribution in [2.75, 3.05) is 7.11 Å². The molecule has 2 rings (SSSR count). The highest BCUT2D eigenvalue weighted by molar-refractivity contribution is 8.01. The van der Waals surface area contributed by atoms with Gasteiger partial charge in [0.1, 0.15) is 5.75 Å². The second kappa shape index (κ2) is 3.48. The monoisotopic (exact) mass is 209 g/mol. The van der Waals surface area contributed by atoms with Gasteiger partial charge in [-0.05, 0) is 43.5 Å². The first kappa shape index (κ1) is 9.87. The van der Waals surface area contributed by atoms with Crippen molar-refractivity contribution in [3.8, 4) is 5.75 Å². The van der Waals surface area contributed by atoms with E-state index in [-0.39, 0.29) is 4.87 Å². The summed E-state index contributed by atoms with van der Waals surface area (Å²) in [6, 6.07) is 6.13. The summed E-state index contributed by atoms with van der Waals surface area (Å²) in [6.45, 7) is 2.09. The molecule has 0 heterocycles. The Balaban J connectivity index is 2.17. The van der Waals surface area contributed by atoms with Gasteiger partial charge in [0.15, 0.2) is 0 Å². The number of aryl methyl sites for hydroxylation is 1. The van der Waals surface area contributed by atoms with Gasteiger partial charge in [0.25, 0.3) is 0 Å². The largest absolute Gasteiger partial charge is 0.497 e. The third-order valence-electron chi connectivity index (χ3n) is 2.44. The van der Waals surface area contributed by atoms with Gasteiger partial charge in [-0.15, -0.1) is 11.8 Å². The molecule has 2 N–H and O–H groups in total. The van der Waals surface area contributed by atoms with Gasteiger partial charge >= 0.3 is 0 Å². The molecule has 1 saturated carbocycles. The number of thioether (sulfide) groups is 1. The van der Waals surface area contributed by atoms with Gasteiger partial charge in [-0.3, -0.25) is 0 Å². The van der Waals surface area contributed by atoms with Crippen molar-refractivity contribution in [1.29, 1.82) is 0 Å². The van der Waals surface area contributed by atoms with E-state index in [0.29, 0.717) is 0 Å². The number of nitrogens with two attached hydrogens (primary N) is 1. The van der Waals surface area contributed by atoms with E-state index < -0.39 is 0 Å². The van der Waals surface area contributed by atoms with Crippen LogP contribution in [0.3, 0.4) is 0 Å². The van der Waals surface area contributed by atoms with Crippen LogP contribution in [-0.2, 0) is 0 Å². The van der Waals surface area contributed by atoms with Crippen molar-refractivity contribution in [3.05, 3.63) is 23.8 Å². The van der Waals surface area contributed by atoms with E-state index in [0.717, 1.165) is 18.6 Å². The van der Waals surface area contributed by atoms with Crippen molar-refractivity contribution in [1.82, 2.24) is 0 Å². The molecule has 0 spiro atoms. The Morgan fingerprint density at radius 1 is 1.43 bits per heavy atom. The van der Waals surface area contributed by atoms with E-state index in [1.807, 2.05) is 12.1 Å². The van der Waals surface area contributed by atoms with E-state index in [4.69, 9.17) is 10.5 Å². The lowest BCUT2D eigenvalue weighted by molar-refractivity contribution is 0.414. The minimum atomic E-state index is 0.0132. The fraction of sp³-hybridized carbons (Fsp3) is 0.455. The van der Waals surface area contributed by atoms with Crippen LogP contribution in [0.1, 0.15) is 18.4 Å². The molecule has 2 nitrogen and oxygen atoms in total. The molecular weight excluding hydrogens is 194 g/mol. The summed E-state index contributed by atoms with van der Waals surface area (Å²) in [5.41, 5.74) is 7.29. The van der Waals surface area contributed by atoms with Crippen LogP contribution in [0.25, 0.3) is 0 Å². The van der Waals surface area contributed by atoms with E-state index in [1.54, 1.807) is 18.9 Å². The normalized spacial score (nSPS) is 17.9. The van der Waals surface area contributed by atoms with Crippen molar-refractivity contribution >= 4 is 11.8 Å². The van der Waals surface area contributed by atoms with Crippen molar-refractivity contribution in [2.45, 2.75) is 29.5 Å². The average molecular weight is 209 g/mol. The van der Waals surface area contributed by atoms with Crippen LogP contribution < -0.4 is 10.5 Å². The predicted molar refractivity (Wildman–Crippen MR) is 59.7 cm³/mol. The van der Waals surface area contributed by atoms with Crippen molar-refractivity contribution in [2.24, 2.45) is 5.73 Å². The first-order valence-corrected chi connectivity index (χ1v) is 5.57. The number of ether oxygens (including phenoxy) is 1. The van der Waals surface area contributed by atoms with E-state index >= 15 is 0 Å². The first-order valence-electron chi connectivity index (χ1n) is 4.75. The molecular formula is C11H15NOS. The predicted octanol–water partition coefficient (Wildman–Crippen LogP) is 2.54. The minimum absolute atomic E-state index is 0.0132. The molecule has 1 aliphatic rings. The third-order valence-corrected chi connectivity index (χ3v) is 3.93. The van der Waals surface area contributed by atoms with Crippen LogP contribution >= 0.6 is 11.8 Å². The van der Waals surface area contributed by atoms with Crippen molar-refractivity contribution in [3.63, 3.8) is 0 Å². The summed E-state index contributed by atoms with van der Waals surface area (Å²) in [4.78, 5) is 1.28. The Kier molecular flexibility index (Phi) is 2.45. The summed E-state index contributed by atoms with van der Waals surface area (Å²) in [7, 11) is 1.69. The van der Waals surface area contributed by atoms with Crippen LogP contribution in [0.5, 0.6) is 5.75 Å². The van der Waals surface area contributed by atoms with E-state index in [1.165, 1.54) is 10.5 Å². The van der Waals surface area contributed by atoms with E-state index in [9.17, 15) is 0 Å². The quantitative estimate of drug-likeness (QED) is 0.777. The molecule has 0 atom stereocenters.